The molecular formula is C21H23ClF2N4OS. The van der Waals surface area contributed by atoms with Gasteiger partial charge in [0.15, 0.2) is 0 Å². The molecule has 0 spiro atoms. The van der Waals surface area contributed by atoms with Crippen LogP contribution in [0.25, 0.3) is 0 Å². The second-order valence-corrected chi connectivity index (χ2v) is 8.70. The predicted molar refractivity (Wildman–Crippen MR) is 118 cm³/mol. The summed E-state index contributed by atoms with van der Waals surface area (Å²) in [4.78, 5) is 20.8. The van der Waals surface area contributed by atoms with E-state index in [4.69, 9.17) is 17.3 Å². The van der Waals surface area contributed by atoms with Crippen LogP contribution in [0.3, 0.4) is 0 Å². The zero-order chi connectivity index (χ0) is 21.7. The standard InChI is InChI=1S/C21H23ClF2N4OS/c1-26-21(7-3-2-4-13(21)11-30-12-25)15-8-19(17(24)9-16(15)23)28-20(29)18-6-5-14(22)10-27-18/h5-6,8-10,13H,1-4,7,11-12,25H2,(H,28,29). The van der Waals surface area contributed by atoms with Gasteiger partial charge in [0.05, 0.1) is 16.2 Å². The Morgan fingerprint density at radius 3 is 2.83 bits per heavy atom. The van der Waals surface area contributed by atoms with Gasteiger partial charge in [0.1, 0.15) is 17.3 Å². The van der Waals surface area contributed by atoms with E-state index in [9.17, 15) is 13.6 Å². The summed E-state index contributed by atoms with van der Waals surface area (Å²) in [6, 6.07) is 5.05. The fourth-order valence-corrected chi connectivity index (χ4v) is 4.96. The molecule has 160 valence electrons. The first-order chi connectivity index (χ1) is 14.4. The summed E-state index contributed by atoms with van der Waals surface area (Å²) in [5, 5.41) is 2.85. The number of nitrogens with zero attached hydrogens (tertiary/aromatic N) is 2. The molecule has 3 N–H and O–H groups in total. The van der Waals surface area contributed by atoms with Crippen molar-refractivity contribution in [3.05, 3.63) is 58.4 Å². The predicted octanol–water partition coefficient (Wildman–Crippen LogP) is 5.00. The van der Waals surface area contributed by atoms with Gasteiger partial charge in [-0.25, -0.2) is 13.8 Å². The largest absolute Gasteiger partial charge is 0.322 e. The molecular weight excluding hydrogens is 430 g/mol. The highest BCUT2D eigenvalue weighted by Crippen LogP contribution is 2.47. The van der Waals surface area contributed by atoms with Crippen molar-refractivity contribution in [2.75, 3.05) is 16.9 Å². The molecule has 30 heavy (non-hydrogen) atoms. The van der Waals surface area contributed by atoms with Crippen molar-refractivity contribution in [1.82, 2.24) is 4.98 Å². The molecule has 1 amide bonds. The Kier molecular flexibility index (Phi) is 7.44. The topological polar surface area (TPSA) is 80.4 Å². The van der Waals surface area contributed by atoms with Gasteiger partial charge >= 0.3 is 0 Å². The Balaban J connectivity index is 1.97. The van der Waals surface area contributed by atoms with E-state index in [2.05, 4.69) is 22.0 Å². The number of nitrogens with one attached hydrogen (secondary N) is 1. The fraction of sp³-hybridized carbons (Fsp3) is 0.381. The van der Waals surface area contributed by atoms with Gasteiger partial charge in [-0.2, -0.15) is 0 Å². The minimum atomic E-state index is -0.893. The monoisotopic (exact) mass is 452 g/mol. The third-order valence-corrected chi connectivity index (χ3v) is 6.58. The summed E-state index contributed by atoms with van der Waals surface area (Å²) in [5.41, 5.74) is 4.92. The quantitative estimate of drug-likeness (QED) is 0.457. The van der Waals surface area contributed by atoms with Crippen LogP contribution in [0.1, 0.15) is 41.7 Å². The highest BCUT2D eigenvalue weighted by atomic mass is 35.5. The molecule has 1 aromatic heterocycles. The van der Waals surface area contributed by atoms with Crippen LogP contribution in [0.2, 0.25) is 5.02 Å². The lowest BCUT2D eigenvalue weighted by molar-refractivity contribution is 0.102. The van der Waals surface area contributed by atoms with Gasteiger partial charge in [0.2, 0.25) is 0 Å². The van der Waals surface area contributed by atoms with Crippen LogP contribution in [0.4, 0.5) is 14.5 Å². The number of hydrogen-bond acceptors (Lipinski definition) is 5. The minimum absolute atomic E-state index is 0.0127. The highest BCUT2D eigenvalue weighted by molar-refractivity contribution is 7.99. The number of hydrogen-bond donors (Lipinski definition) is 2. The van der Waals surface area contributed by atoms with Gasteiger partial charge in [-0.1, -0.05) is 24.4 Å². The number of aliphatic imine (C=N–C) groups is 1. The zero-order valence-electron chi connectivity index (χ0n) is 16.3. The molecule has 0 saturated heterocycles. The van der Waals surface area contributed by atoms with Crippen LogP contribution in [0.15, 0.2) is 35.5 Å². The zero-order valence-corrected chi connectivity index (χ0v) is 17.9. The second-order valence-electron chi connectivity index (χ2n) is 7.19. The molecule has 0 radical (unpaired) electrons. The summed E-state index contributed by atoms with van der Waals surface area (Å²) in [6.45, 7) is 3.74. The Morgan fingerprint density at radius 2 is 2.17 bits per heavy atom. The summed E-state index contributed by atoms with van der Waals surface area (Å²) < 4.78 is 29.5. The third kappa shape index (κ3) is 4.66. The molecule has 3 rings (SSSR count). The van der Waals surface area contributed by atoms with Crippen molar-refractivity contribution in [3.63, 3.8) is 0 Å². The molecule has 0 bridgehead atoms. The normalized spacial score (nSPS) is 21.3. The van der Waals surface area contributed by atoms with Crippen LogP contribution < -0.4 is 11.1 Å². The number of rotatable bonds is 7. The van der Waals surface area contributed by atoms with Crippen molar-refractivity contribution in [3.8, 4) is 0 Å². The number of carbonyl (C=O) groups excluding carboxylic acids is 1. The van der Waals surface area contributed by atoms with Crippen LogP contribution >= 0.6 is 23.4 Å². The number of pyridine rings is 1. The molecule has 9 heteroatoms. The maximum Gasteiger partial charge on any atom is 0.274 e. The van der Waals surface area contributed by atoms with Crippen molar-refractivity contribution in [2.24, 2.45) is 16.6 Å². The first kappa shape index (κ1) is 22.7. The molecule has 1 heterocycles. The maximum absolute atomic E-state index is 14.9. The molecule has 1 fully saturated rings. The molecule has 0 aliphatic heterocycles. The summed E-state index contributed by atoms with van der Waals surface area (Å²) >= 11 is 7.34. The number of halogens is 3. The molecule has 2 unspecified atom stereocenters. The van der Waals surface area contributed by atoms with Crippen LogP contribution in [0, 0.1) is 17.6 Å². The van der Waals surface area contributed by atoms with Crippen molar-refractivity contribution >= 4 is 41.7 Å². The Bertz CT molecular complexity index is 928. The van der Waals surface area contributed by atoms with Crippen LogP contribution in [-0.2, 0) is 5.54 Å². The number of anilines is 1. The lowest BCUT2D eigenvalue weighted by atomic mass is 9.69. The summed E-state index contributed by atoms with van der Waals surface area (Å²) in [5.74, 6) is -1.04. The molecule has 2 aromatic rings. The summed E-state index contributed by atoms with van der Waals surface area (Å²) in [7, 11) is 0. The summed E-state index contributed by atoms with van der Waals surface area (Å²) in [6.07, 6.45) is 4.62. The average Bonchev–Trinajstić information content (AvgIpc) is 2.74. The number of nitrogens with two attached hydrogens (primary N) is 1. The van der Waals surface area contributed by atoms with E-state index < -0.39 is 23.1 Å². The van der Waals surface area contributed by atoms with Gasteiger partial charge in [0, 0.05) is 29.5 Å². The van der Waals surface area contributed by atoms with Crippen molar-refractivity contribution in [2.45, 2.75) is 31.2 Å². The van der Waals surface area contributed by atoms with E-state index in [0.717, 1.165) is 25.3 Å². The van der Waals surface area contributed by atoms with Crippen molar-refractivity contribution < 1.29 is 13.6 Å². The number of benzene rings is 1. The maximum atomic E-state index is 14.9. The number of thioether (sulfide) groups is 1. The molecule has 1 aliphatic rings. The molecule has 5 nitrogen and oxygen atoms in total. The van der Waals surface area contributed by atoms with Gasteiger partial charge in [0.25, 0.3) is 5.91 Å². The Labute approximate surface area is 183 Å². The first-order valence-corrected chi connectivity index (χ1v) is 11.1. The molecule has 2 atom stereocenters. The molecule has 1 aliphatic carbocycles. The first-order valence-electron chi connectivity index (χ1n) is 9.59. The molecule has 1 aromatic carbocycles. The minimum Gasteiger partial charge on any atom is -0.322 e. The van der Waals surface area contributed by atoms with E-state index in [1.54, 1.807) is 11.8 Å². The van der Waals surface area contributed by atoms with Crippen molar-refractivity contribution in [1.29, 1.82) is 0 Å². The van der Waals surface area contributed by atoms with Gasteiger partial charge in [-0.15, -0.1) is 11.8 Å². The van der Waals surface area contributed by atoms with E-state index in [0.29, 0.717) is 23.1 Å². The third-order valence-electron chi connectivity index (χ3n) is 5.49. The van der Waals surface area contributed by atoms with E-state index in [1.165, 1.54) is 24.4 Å². The number of amides is 1. The van der Waals surface area contributed by atoms with Gasteiger partial charge < -0.3 is 11.1 Å². The SMILES string of the molecule is C=NC1(c2cc(NC(=O)c3ccc(Cl)cn3)c(F)cc2F)CCCCC1CSCN. The Hall–Kier alpha value is -2.03. The van der Waals surface area contributed by atoms with E-state index in [1.807, 2.05) is 0 Å². The van der Waals surface area contributed by atoms with Gasteiger partial charge in [-0.3, -0.25) is 9.79 Å². The highest BCUT2D eigenvalue weighted by Gasteiger charge is 2.43. The lowest BCUT2D eigenvalue weighted by Crippen LogP contribution is -2.39. The average molecular weight is 453 g/mol. The fourth-order valence-electron chi connectivity index (χ4n) is 3.98. The molecule has 1 saturated carbocycles. The Morgan fingerprint density at radius 1 is 1.37 bits per heavy atom. The van der Waals surface area contributed by atoms with Gasteiger partial charge in [-0.05, 0) is 43.7 Å². The number of aromatic nitrogens is 1. The number of carbonyl (C=O) groups is 1. The van der Waals surface area contributed by atoms with E-state index in [-0.39, 0.29) is 22.9 Å². The van der Waals surface area contributed by atoms with Crippen LogP contribution in [-0.4, -0.2) is 29.2 Å². The smallest absolute Gasteiger partial charge is 0.274 e. The second kappa shape index (κ2) is 9.85. The van der Waals surface area contributed by atoms with E-state index >= 15 is 0 Å². The lowest BCUT2D eigenvalue weighted by Gasteiger charge is -2.41. The van der Waals surface area contributed by atoms with Crippen LogP contribution in [0.5, 0.6) is 0 Å².